The van der Waals surface area contributed by atoms with E-state index in [2.05, 4.69) is 26.6 Å². The predicted molar refractivity (Wildman–Crippen MR) is 102 cm³/mol. The van der Waals surface area contributed by atoms with Crippen LogP contribution in [0.3, 0.4) is 0 Å². The lowest BCUT2D eigenvalue weighted by Gasteiger charge is -2.16. The van der Waals surface area contributed by atoms with Crippen LogP contribution in [0.4, 0.5) is 16.2 Å². The molecule has 0 saturated carbocycles. The van der Waals surface area contributed by atoms with Crippen molar-refractivity contribution >= 4 is 39.2 Å². The molecule has 0 radical (unpaired) electrons. The molecule has 1 aliphatic heterocycles. The zero-order chi connectivity index (χ0) is 18.7. The maximum Gasteiger partial charge on any atom is 0.321 e. The summed E-state index contributed by atoms with van der Waals surface area (Å²) >= 11 is 3.38. The van der Waals surface area contributed by atoms with Crippen LogP contribution in [-0.2, 0) is 0 Å². The molecule has 0 atom stereocenters. The molecule has 0 spiro atoms. The minimum absolute atomic E-state index is 0.143. The number of nitrogens with zero attached hydrogens (tertiary/aromatic N) is 1. The van der Waals surface area contributed by atoms with Gasteiger partial charge in [-0.1, -0.05) is 6.07 Å². The highest BCUT2D eigenvalue weighted by Crippen LogP contribution is 2.35. The first kappa shape index (κ1) is 18.1. The predicted octanol–water partition coefficient (Wildman–Crippen LogP) is 3.25. The molecule has 2 aromatic carbocycles. The van der Waals surface area contributed by atoms with Crippen molar-refractivity contribution in [2.24, 2.45) is 0 Å². The number of carbonyl (C=O) groups excluding carboxylic acids is 2. The van der Waals surface area contributed by atoms with Crippen LogP contribution in [0.25, 0.3) is 0 Å². The molecule has 1 heterocycles. The van der Waals surface area contributed by atoms with Gasteiger partial charge < -0.3 is 20.1 Å². The number of urea groups is 1. The summed E-state index contributed by atoms with van der Waals surface area (Å²) in [6, 6.07) is 10.2. The van der Waals surface area contributed by atoms with Crippen molar-refractivity contribution in [3.8, 4) is 11.5 Å². The Morgan fingerprint density at radius 1 is 1.19 bits per heavy atom. The van der Waals surface area contributed by atoms with Gasteiger partial charge in [0.15, 0.2) is 0 Å². The van der Waals surface area contributed by atoms with E-state index in [1.54, 1.807) is 35.2 Å². The molecule has 1 fully saturated rings. The molecule has 26 heavy (non-hydrogen) atoms. The largest absolute Gasteiger partial charge is 0.495 e. The number of rotatable bonds is 5. The maximum atomic E-state index is 12.6. The summed E-state index contributed by atoms with van der Waals surface area (Å²) < 4.78 is 11.2. The molecule has 136 valence electrons. The Morgan fingerprint density at radius 3 is 2.46 bits per heavy atom. The van der Waals surface area contributed by atoms with E-state index in [4.69, 9.17) is 9.47 Å². The monoisotopic (exact) mass is 419 g/mol. The van der Waals surface area contributed by atoms with Gasteiger partial charge in [-0.15, -0.1) is 0 Å². The Kier molecular flexibility index (Phi) is 5.32. The third-order valence-corrected chi connectivity index (χ3v) is 4.76. The van der Waals surface area contributed by atoms with Crippen molar-refractivity contribution in [3.63, 3.8) is 0 Å². The van der Waals surface area contributed by atoms with Gasteiger partial charge in [0, 0.05) is 30.0 Å². The van der Waals surface area contributed by atoms with Crippen LogP contribution in [0.1, 0.15) is 10.4 Å². The van der Waals surface area contributed by atoms with Crippen molar-refractivity contribution in [3.05, 3.63) is 46.4 Å². The van der Waals surface area contributed by atoms with Gasteiger partial charge in [0.05, 0.1) is 14.2 Å². The van der Waals surface area contributed by atoms with Gasteiger partial charge >= 0.3 is 6.03 Å². The van der Waals surface area contributed by atoms with Crippen molar-refractivity contribution in [1.29, 1.82) is 0 Å². The number of nitrogens with one attached hydrogen (secondary N) is 2. The Labute approximate surface area is 159 Å². The SMILES string of the molecule is COc1cc(C(=O)Nc2cccc(N3CCNC3=O)c2)cc(OC)c1Br. The lowest BCUT2D eigenvalue weighted by atomic mass is 10.1. The molecule has 0 unspecified atom stereocenters. The summed E-state index contributed by atoms with van der Waals surface area (Å²) in [6.07, 6.45) is 0. The number of hydrogen-bond donors (Lipinski definition) is 2. The van der Waals surface area contributed by atoms with Gasteiger partial charge in [0.25, 0.3) is 5.91 Å². The van der Waals surface area contributed by atoms with E-state index in [1.165, 1.54) is 14.2 Å². The molecule has 8 heteroatoms. The number of anilines is 2. The first-order chi connectivity index (χ1) is 12.5. The fraction of sp³-hybridized carbons (Fsp3) is 0.222. The average Bonchev–Trinajstić information content (AvgIpc) is 3.08. The highest BCUT2D eigenvalue weighted by atomic mass is 79.9. The van der Waals surface area contributed by atoms with E-state index >= 15 is 0 Å². The van der Waals surface area contributed by atoms with Gasteiger partial charge in [0.2, 0.25) is 0 Å². The van der Waals surface area contributed by atoms with E-state index in [-0.39, 0.29) is 11.9 Å². The third-order valence-electron chi connectivity index (χ3n) is 3.98. The molecule has 1 saturated heterocycles. The maximum absolute atomic E-state index is 12.6. The molecule has 3 rings (SSSR count). The quantitative estimate of drug-likeness (QED) is 0.779. The van der Waals surface area contributed by atoms with E-state index in [9.17, 15) is 9.59 Å². The summed E-state index contributed by atoms with van der Waals surface area (Å²) in [6.45, 7) is 1.20. The zero-order valence-electron chi connectivity index (χ0n) is 14.3. The smallest absolute Gasteiger partial charge is 0.321 e. The zero-order valence-corrected chi connectivity index (χ0v) is 15.9. The van der Waals surface area contributed by atoms with Crippen LogP contribution in [0, 0.1) is 0 Å². The average molecular weight is 420 g/mol. The van der Waals surface area contributed by atoms with Gasteiger partial charge in [-0.2, -0.15) is 0 Å². The van der Waals surface area contributed by atoms with Crippen LogP contribution in [0.2, 0.25) is 0 Å². The molecule has 2 aromatic rings. The van der Waals surface area contributed by atoms with Crippen LogP contribution >= 0.6 is 15.9 Å². The number of hydrogen-bond acceptors (Lipinski definition) is 4. The summed E-state index contributed by atoms with van der Waals surface area (Å²) in [5, 5.41) is 5.59. The molecule has 1 aliphatic rings. The number of benzene rings is 2. The van der Waals surface area contributed by atoms with E-state index in [0.717, 1.165) is 5.69 Å². The van der Waals surface area contributed by atoms with Crippen LogP contribution in [0.15, 0.2) is 40.9 Å². The van der Waals surface area contributed by atoms with Crippen LogP contribution in [0.5, 0.6) is 11.5 Å². The number of ether oxygens (including phenoxy) is 2. The Morgan fingerprint density at radius 2 is 1.88 bits per heavy atom. The topological polar surface area (TPSA) is 79.9 Å². The molecule has 3 amide bonds. The molecular formula is C18H18BrN3O4. The standard InChI is InChI=1S/C18H18BrN3O4/c1-25-14-8-11(9-15(26-2)16(14)19)17(23)21-12-4-3-5-13(10-12)22-7-6-20-18(22)24/h3-5,8-10H,6-7H2,1-2H3,(H,20,24)(H,21,23). The van der Waals surface area contributed by atoms with Crippen molar-refractivity contribution in [1.82, 2.24) is 5.32 Å². The fourth-order valence-corrected chi connectivity index (χ4v) is 3.23. The van der Waals surface area contributed by atoms with Gasteiger partial charge in [0.1, 0.15) is 16.0 Å². The number of methoxy groups -OCH3 is 2. The minimum Gasteiger partial charge on any atom is -0.495 e. The fourth-order valence-electron chi connectivity index (χ4n) is 2.67. The van der Waals surface area contributed by atoms with Crippen molar-refractivity contribution in [2.45, 2.75) is 0 Å². The number of amides is 3. The second kappa shape index (κ2) is 7.65. The molecule has 0 aromatic heterocycles. The second-order valence-corrected chi connectivity index (χ2v) is 6.38. The first-order valence-electron chi connectivity index (χ1n) is 7.92. The normalized spacial score (nSPS) is 13.3. The van der Waals surface area contributed by atoms with E-state index < -0.39 is 0 Å². The van der Waals surface area contributed by atoms with Gasteiger partial charge in [-0.3, -0.25) is 9.69 Å². The third kappa shape index (κ3) is 3.60. The summed E-state index contributed by atoms with van der Waals surface area (Å²) in [5.74, 6) is 0.686. The molecule has 0 aliphatic carbocycles. The second-order valence-electron chi connectivity index (χ2n) is 5.58. The summed E-state index contributed by atoms with van der Waals surface area (Å²) in [7, 11) is 3.04. The first-order valence-corrected chi connectivity index (χ1v) is 8.71. The highest BCUT2D eigenvalue weighted by molar-refractivity contribution is 9.10. The lowest BCUT2D eigenvalue weighted by molar-refractivity contribution is 0.102. The number of carbonyl (C=O) groups is 2. The molecule has 7 nitrogen and oxygen atoms in total. The Bertz CT molecular complexity index is 831. The molecular weight excluding hydrogens is 402 g/mol. The number of halogens is 1. The Hall–Kier alpha value is -2.74. The van der Waals surface area contributed by atoms with Gasteiger partial charge in [-0.25, -0.2) is 4.79 Å². The van der Waals surface area contributed by atoms with E-state index in [1.807, 2.05) is 6.07 Å². The highest BCUT2D eigenvalue weighted by Gasteiger charge is 2.21. The van der Waals surface area contributed by atoms with Crippen LogP contribution < -0.4 is 25.0 Å². The Balaban J connectivity index is 1.83. The minimum atomic E-state index is -0.308. The van der Waals surface area contributed by atoms with Crippen molar-refractivity contribution in [2.75, 3.05) is 37.5 Å². The van der Waals surface area contributed by atoms with E-state index in [0.29, 0.717) is 40.3 Å². The van der Waals surface area contributed by atoms with Crippen LogP contribution in [-0.4, -0.2) is 39.2 Å². The molecule has 0 bridgehead atoms. The summed E-state index contributed by atoms with van der Waals surface area (Å²) in [4.78, 5) is 26.1. The summed E-state index contributed by atoms with van der Waals surface area (Å²) in [5.41, 5.74) is 1.71. The van der Waals surface area contributed by atoms with Crippen molar-refractivity contribution < 1.29 is 19.1 Å². The molecule has 2 N–H and O–H groups in total. The van der Waals surface area contributed by atoms with Gasteiger partial charge in [-0.05, 0) is 46.3 Å². The lowest BCUT2D eigenvalue weighted by Crippen LogP contribution is -2.27.